The van der Waals surface area contributed by atoms with Gasteiger partial charge in [-0.2, -0.15) is 0 Å². The third kappa shape index (κ3) is 5.32. The molecule has 0 unspecified atom stereocenters. The number of rotatable bonds is 6. The second kappa shape index (κ2) is 8.45. The molecule has 126 valence electrons. The van der Waals surface area contributed by atoms with Crippen molar-refractivity contribution >= 4 is 27.7 Å². The Bertz CT molecular complexity index is 539. The molecule has 0 saturated carbocycles. The zero-order valence-electron chi connectivity index (χ0n) is 13.5. The molecule has 1 saturated heterocycles. The number of primary amides is 1. The van der Waals surface area contributed by atoms with E-state index in [1.807, 2.05) is 24.3 Å². The van der Waals surface area contributed by atoms with Crippen molar-refractivity contribution in [1.82, 2.24) is 5.32 Å². The first-order chi connectivity index (χ1) is 11.0. The summed E-state index contributed by atoms with van der Waals surface area (Å²) in [6.07, 6.45) is 2.41. The monoisotopic (exact) mass is 382 g/mol. The first-order valence-corrected chi connectivity index (χ1v) is 8.96. The van der Waals surface area contributed by atoms with Crippen LogP contribution in [0.15, 0.2) is 28.7 Å². The molecule has 1 heterocycles. The molecule has 23 heavy (non-hydrogen) atoms. The van der Waals surface area contributed by atoms with Crippen molar-refractivity contribution in [3.8, 4) is 0 Å². The van der Waals surface area contributed by atoms with Gasteiger partial charge in [0.1, 0.15) is 0 Å². The molecule has 0 radical (unpaired) electrons. The number of piperidine rings is 1. The maximum atomic E-state index is 12.3. The number of hydrogen-bond donors (Lipinski definition) is 3. The number of nitrogens with two attached hydrogens (primary N) is 1. The van der Waals surface area contributed by atoms with E-state index in [2.05, 4.69) is 28.2 Å². The Labute approximate surface area is 145 Å². The van der Waals surface area contributed by atoms with Crippen molar-refractivity contribution in [2.45, 2.75) is 32.2 Å². The molecule has 0 spiro atoms. The number of benzene rings is 1. The van der Waals surface area contributed by atoms with Gasteiger partial charge in [-0.05, 0) is 24.1 Å². The van der Waals surface area contributed by atoms with Gasteiger partial charge in [-0.25, -0.2) is 0 Å². The van der Waals surface area contributed by atoms with Crippen LogP contribution in [0.1, 0.15) is 37.8 Å². The van der Waals surface area contributed by atoms with Gasteiger partial charge in [0, 0.05) is 23.2 Å². The lowest BCUT2D eigenvalue weighted by Gasteiger charge is -2.28. The van der Waals surface area contributed by atoms with E-state index < -0.39 is 0 Å². The van der Waals surface area contributed by atoms with Gasteiger partial charge in [-0.3, -0.25) is 9.59 Å². The summed E-state index contributed by atoms with van der Waals surface area (Å²) in [4.78, 5) is 24.7. The Morgan fingerprint density at radius 3 is 2.43 bits per heavy atom. The summed E-state index contributed by atoms with van der Waals surface area (Å²) in [5, 5.41) is 3.12. The SMILES string of the molecule is CC[C@@H](NC(=O)C[NH+]1CCC(C(N)=O)CC1)c1ccc(Br)cc1. The van der Waals surface area contributed by atoms with Crippen molar-refractivity contribution in [1.29, 1.82) is 0 Å². The van der Waals surface area contributed by atoms with Crippen molar-refractivity contribution in [3.63, 3.8) is 0 Å². The number of likely N-dealkylation sites (tertiary alicyclic amines) is 1. The fourth-order valence-electron chi connectivity index (χ4n) is 3.08. The molecule has 0 aromatic heterocycles. The maximum Gasteiger partial charge on any atom is 0.275 e. The Balaban J connectivity index is 1.84. The summed E-state index contributed by atoms with van der Waals surface area (Å²) in [7, 11) is 0. The molecule has 2 amide bonds. The van der Waals surface area contributed by atoms with Crippen LogP contribution < -0.4 is 16.0 Å². The van der Waals surface area contributed by atoms with Crippen LogP contribution in [0.5, 0.6) is 0 Å². The lowest BCUT2D eigenvalue weighted by molar-refractivity contribution is -0.897. The van der Waals surface area contributed by atoms with Crippen LogP contribution in [0.3, 0.4) is 0 Å². The summed E-state index contributed by atoms with van der Waals surface area (Å²) in [5.41, 5.74) is 6.46. The standard InChI is InChI=1S/C17H24BrN3O2/c1-2-15(12-3-5-14(18)6-4-12)20-16(22)11-21-9-7-13(8-10-21)17(19)23/h3-6,13,15H,2,7-11H2,1H3,(H2,19,23)(H,20,22)/p+1/t15-/m1/s1. The third-order valence-electron chi connectivity index (χ3n) is 4.52. The second-order valence-corrected chi connectivity index (χ2v) is 7.10. The number of quaternary nitrogens is 1. The number of amides is 2. The van der Waals surface area contributed by atoms with Gasteiger partial charge in [-0.15, -0.1) is 0 Å². The average molecular weight is 383 g/mol. The average Bonchev–Trinajstić information content (AvgIpc) is 2.54. The van der Waals surface area contributed by atoms with Crippen LogP contribution in [0.25, 0.3) is 0 Å². The highest BCUT2D eigenvalue weighted by atomic mass is 79.9. The first-order valence-electron chi connectivity index (χ1n) is 8.17. The highest BCUT2D eigenvalue weighted by Crippen LogP contribution is 2.19. The quantitative estimate of drug-likeness (QED) is 0.680. The Kier molecular flexibility index (Phi) is 6.59. The number of halogens is 1. The zero-order chi connectivity index (χ0) is 16.8. The van der Waals surface area contributed by atoms with Crippen LogP contribution in [0.4, 0.5) is 0 Å². The smallest absolute Gasteiger partial charge is 0.275 e. The van der Waals surface area contributed by atoms with Crippen molar-refractivity contribution in [3.05, 3.63) is 34.3 Å². The van der Waals surface area contributed by atoms with Gasteiger partial charge in [0.15, 0.2) is 6.54 Å². The molecule has 1 aromatic rings. The molecule has 1 aromatic carbocycles. The van der Waals surface area contributed by atoms with Crippen LogP contribution in [-0.4, -0.2) is 31.4 Å². The van der Waals surface area contributed by atoms with Gasteiger partial charge >= 0.3 is 0 Å². The summed E-state index contributed by atoms with van der Waals surface area (Å²) >= 11 is 3.42. The number of carbonyl (C=O) groups is 2. The Morgan fingerprint density at radius 2 is 1.91 bits per heavy atom. The van der Waals surface area contributed by atoms with E-state index in [0.29, 0.717) is 6.54 Å². The molecule has 1 fully saturated rings. The van der Waals surface area contributed by atoms with E-state index in [0.717, 1.165) is 42.4 Å². The van der Waals surface area contributed by atoms with E-state index in [9.17, 15) is 9.59 Å². The fourth-order valence-corrected chi connectivity index (χ4v) is 3.34. The predicted octanol–water partition coefficient (Wildman–Crippen LogP) is 0.797. The van der Waals surface area contributed by atoms with E-state index in [4.69, 9.17) is 5.73 Å². The molecule has 1 aliphatic heterocycles. The molecule has 5 nitrogen and oxygen atoms in total. The molecular formula is C17H25BrN3O2+. The lowest BCUT2D eigenvalue weighted by Crippen LogP contribution is -3.14. The van der Waals surface area contributed by atoms with E-state index in [1.165, 1.54) is 4.90 Å². The van der Waals surface area contributed by atoms with Gasteiger partial charge in [0.2, 0.25) is 5.91 Å². The largest absolute Gasteiger partial charge is 0.369 e. The molecule has 4 N–H and O–H groups in total. The number of nitrogens with one attached hydrogen (secondary N) is 2. The first kappa shape index (κ1) is 17.9. The summed E-state index contributed by atoms with van der Waals surface area (Å²) < 4.78 is 1.03. The molecule has 2 rings (SSSR count). The van der Waals surface area contributed by atoms with Crippen molar-refractivity contribution in [2.24, 2.45) is 11.7 Å². The minimum Gasteiger partial charge on any atom is -0.369 e. The molecule has 0 aliphatic carbocycles. The minimum atomic E-state index is -0.213. The highest BCUT2D eigenvalue weighted by Gasteiger charge is 2.27. The fraction of sp³-hybridized carbons (Fsp3) is 0.529. The number of carbonyl (C=O) groups excluding carboxylic acids is 2. The topological polar surface area (TPSA) is 76.6 Å². The molecule has 0 bridgehead atoms. The zero-order valence-corrected chi connectivity index (χ0v) is 15.1. The Morgan fingerprint density at radius 1 is 1.30 bits per heavy atom. The van der Waals surface area contributed by atoms with Crippen LogP contribution in [0.2, 0.25) is 0 Å². The number of hydrogen-bond acceptors (Lipinski definition) is 2. The minimum absolute atomic E-state index is 0.0204. The molecular weight excluding hydrogens is 358 g/mol. The van der Waals surface area contributed by atoms with Crippen molar-refractivity contribution in [2.75, 3.05) is 19.6 Å². The second-order valence-electron chi connectivity index (χ2n) is 6.18. The highest BCUT2D eigenvalue weighted by molar-refractivity contribution is 9.10. The third-order valence-corrected chi connectivity index (χ3v) is 5.05. The lowest BCUT2D eigenvalue weighted by atomic mass is 9.96. The van der Waals surface area contributed by atoms with E-state index in [1.54, 1.807) is 0 Å². The summed E-state index contributed by atoms with van der Waals surface area (Å²) in [6, 6.07) is 8.08. The van der Waals surface area contributed by atoms with Gasteiger partial charge in [0.25, 0.3) is 5.91 Å². The molecule has 6 heteroatoms. The van der Waals surface area contributed by atoms with Crippen molar-refractivity contribution < 1.29 is 14.5 Å². The van der Waals surface area contributed by atoms with Gasteiger partial charge < -0.3 is 16.0 Å². The van der Waals surface area contributed by atoms with Crippen LogP contribution in [-0.2, 0) is 9.59 Å². The Hall–Kier alpha value is -1.40. The van der Waals surface area contributed by atoms with Gasteiger partial charge in [0.05, 0.1) is 19.1 Å². The van der Waals surface area contributed by atoms with E-state index in [-0.39, 0.29) is 23.8 Å². The summed E-state index contributed by atoms with van der Waals surface area (Å²) in [6.45, 7) is 4.18. The predicted molar refractivity (Wildman–Crippen MR) is 92.8 cm³/mol. The van der Waals surface area contributed by atoms with Crippen LogP contribution >= 0.6 is 15.9 Å². The van der Waals surface area contributed by atoms with Crippen LogP contribution in [0, 0.1) is 5.92 Å². The molecule has 1 aliphatic rings. The summed E-state index contributed by atoms with van der Waals surface area (Å²) in [5.74, 6) is -0.171. The maximum absolute atomic E-state index is 12.3. The normalized spacial score (nSPS) is 22.3. The molecule has 1 atom stereocenters. The van der Waals surface area contributed by atoms with Gasteiger partial charge in [-0.1, -0.05) is 35.0 Å². The van der Waals surface area contributed by atoms with E-state index >= 15 is 0 Å².